The van der Waals surface area contributed by atoms with Gasteiger partial charge in [0.15, 0.2) is 0 Å². The molecule has 0 aliphatic rings. The molecule has 0 aromatic heterocycles. The van der Waals surface area contributed by atoms with E-state index in [0.29, 0.717) is 29.6 Å². The van der Waals surface area contributed by atoms with Gasteiger partial charge in [-0.1, -0.05) is 13.8 Å². The fourth-order valence-electron chi connectivity index (χ4n) is 1.85. The van der Waals surface area contributed by atoms with Gasteiger partial charge < -0.3 is 15.4 Å². The Kier molecular flexibility index (Phi) is 6.68. The van der Waals surface area contributed by atoms with Gasteiger partial charge in [-0.2, -0.15) is 0 Å². The van der Waals surface area contributed by atoms with E-state index in [1.807, 2.05) is 13.8 Å². The lowest BCUT2D eigenvalue weighted by Crippen LogP contribution is -2.39. The van der Waals surface area contributed by atoms with Crippen LogP contribution >= 0.6 is 0 Å². The summed E-state index contributed by atoms with van der Waals surface area (Å²) in [6.45, 7) is 6.38. The predicted octanol–water partition coefficient (Wildman–Crippen LogP) is 1.64. The van der Waals surface area contributed by atoms with Crippen molar-refractivity contribution < 1.29 is 17.9 Å². The number of nitrogens with one attached hydrogen (secondary N) is 3. The van der Waals surface area contributed by atoms with Crippen LogP contribution in [0.25, 0.3) is 0 Å². The normalized spacial score (nSPS) is 12.6. The number of rotatable bonds is 8. The van der Waals surface area contributed by atoms with Crippen molar-refractivity contribution in [3.05, 3.63) is 18.2 Å². The van der Waals surface area contributed by atoms with Crippen LogP contribution in [0.4, 0.5) is 11.4 Å². The minimum absolute atomic E-state index is 0.118. The SMILES string of the molecule is COc1ccc(N[C@H](C)C(=O)NCC(C)C)cc1NS(C)(=O)=O. The Morgan fingerprint density at radius 2 is 1.91 bits per heavy atom. The summed E-state index contributed by atoms with van der Waals surface area (Å²) < 4.78 is 30.3. The molecule has 1 aromatic carbocycles. The number of ether oxygens (including phenoxy) is 1. The molecule has 130 valence electrons. The van der Waals surface area contributed by atoms with Gasteiger partial charge in [-0.3, -0.25) is 9.52 Å². The summed E-state index contributed by atoms with van der Waals surface area (Å²) in [7, 11) is -1.97. The molecule has 7 nitrogen and oxygen atoms in total. The first-order valence-electron chi connectivity index (χ1n) is 7.32. The number of benzene rings is 1. The maximum absolute atomic E-state index is 12.0. The Morgan fingerprint density at radius 1 is 1.26 bits per heavy atom. The summed E-state index contributed by atoms with van der Waals surface area (Å²) in [6.07, 6.45) is 1.06. The lowest BCUT2D eigenvalue weighted by molar-refractivity contribution is -0.121. The summed E-state index contributed by atoms with van der Waals surface area (Å²) in [5, 5.41) is 5.88. The molecule has 0 aliphatic heterocycles. The molecule has 0 heterocycles. The van der Waals surface area contributed by atoms with E-state index < -0.39 is 16.1 Å². The average Bonchev–Trinajstić information content (AvgIpc) is 2.43. The monoisotopic (exact) mass is 343 g/mol. The second-order valence-corrected chi connectivity index (χ2v) is 7.54. The van der Waals surface area contributed by atoms with Crippen molar-refractivity contribution >= 4 is 27.3 Å². The smallest absolute Gasteiger partial charge is 0.242 e. The van der Waals surface area contributed by atoms with E-state index in [0.717, 1.165) is 6.26 Å². The highest BCUT2D eigenvalue weighted by molar-refractivity contribution is 7.92. The molecule has 1 amide bonds. The van der Waals surface area contributed by atoms with Gasteiger partial charge in [0.25, 0.3) is 0 Å². The zero-order valence-corrected chi connectivity index (χ0v) is 15.0. The molecule has 1 atom stereocenters. The first kappa shape index (κ1) is 19.1. The first-order valence-corrected chi connectivity index (χ1v) is 9.21. The summed E-state index contributed by atoms with van der Waals surface area (Å²) in [5.74, 6) is 0.655. The quantitative estimate of drug-likeness (QED) is 0.667. The maximum atomic E-state index is 12.0. The van der Waals surface area contributed by atoms with Crippen LogP contribution in [-0.4, -0.2) is 40.3 Å². The van der Waals surface area contributed by atoms with Crippen molar-refractivity contribution in [2.75, 3.05) is 29.9 Å². The maximum Gasteiger partial charge on any atom is 0.242 e. The molecule has 0 spiro atoms. The third-order valence-corrected chi connectivity index (χ3v) is 3.55. The third-order valence-electron chi connectivity index (χ3n) is 2.96. The lowest BCUT2D eigenvalue weighted by atomic mass is 10.2. The summed E-state index contributed by atoms with van der Waals surface area (Å²) >= 11 is 0. The van der Waals surface area contributed by atoms with Gasteiger partial charge in [0.05, 0.1) is 19.1 Å². The molecule has 0 fully saturated rings. The molecule has 8 heteroatoms. The van der Waals surface area contributed by atoms with Crippen molar-refractivity contribution in [3.63, 3.8) is 0 Å². The second-order valence-electron chi connectivity index (χ2n) is 5.79. The number of amides is 1. The molecule has 0 bridgehead atoms. The van der Waals surface area contributed by atoms with Gasteiger partial charge in [-0.15, -0.1) is 0 Å². The van der Waals surface area contributed by atoms with Crippen molar-refractivity contribution in [2.24, 2.45) is 5.92 Å². The van der Waals surface area contributed by atoms with Crippen molar-refractivity contribution in [2.45, 2.75) is 26.8 Å². The fourth-order valence-corrected chi connectivity index (χ4v) is 2.41. The van der Waals surface area contributed by atoms with Crippen LogP contribution in [0.15, 0.2) is 18.2 Å². The minimum atomic E-state index is -3.43. The first-order chi connectivity index (χ1) is 10.6. The standard InChI is InChI=1S/C15H25N3O4S/c1-10(2)9-16-15(19)11(3)17-12-6-7-14(22-4)13(8-12)18-23(5,20)21/h6-8,10-11,17-18H,9H2,1-5H3,(H,16,19)/t11-/m1/s1. The highest BCUT2D eigenvalue weighted by atomic mass is 32.2. The number of hydrogen-bond acceptors (Lipinski definition) is 5. The molecule has 1 rings (SSSR count). The minimum Gasteiger partial charge on any atom is -0.495 e. The molecule has 23 heavy (non-hydrogen) atoms. The molecule has 0 saturated heterocycles. The van der Waals surface area contributed by atoms with Gasteiger partial charge in [0, 0.05) is 12.2 Å². The fraction of sp³-hybridized carbons (Fsp3) is 0.533. The van der Waals surface area contributed by atoms with Crippen LogP contribution in [0.2, 0.25) is 0 Å². The van der Waals surface area contributed by atoms with Crippen molar-refractivity contribution in [1.82, 2.24) is 5.32 Å². The van der Waals surface area contributed by atoms with Crippen LogP contribution in [0.3, 0.4) is 0 Å². The van der Waals surface area contributed by atoms with Crippen LogP contribution in [-0.2, 0) is 14.8 Å². The van der Waals surface area contributed by atoms with E-state index in [-0.39, 0.29) is 5.91 Å². The number of hydrogen-bond donors (Lipinski definition) is 3. The zero-order chi connectivity index (χ0) is 17.6. The van der Waals surface area contributed by atoms with E-state index in [9.17, 15) is 13.2 Å². The van der Waals surface area contributed by atoms with Crippen LogP contribution in [0, 0.1) is 5.92 Å². The third kappa shape index (κ3) is 6.77. The molecule has 1 aromatic rings. The molecular weight excluding hydrogens is 318 g/mol. The lowest BCUT2D eigenvalue weighted by Gasteiger charge is -2.18. The van der Waals surface area contributed by atoms with E-state index >= 15 is 0 Å². The predicted molar refractivity (Wildman–Crippen MR) is 92.4 cm³/mol. The van der Waals surface area contributed by atoms with Gasteiger partial charge in [-0.05, 0) is 31.0 Å². The van der Waals surface area contributed by atoms with Crippen molar-refractivity contribution in [3.8, 4) is 5.75 Å². The topological polar surface area (TPSA) is 96.5 Å². The average molecular weight is 343 g/mol. The Balaban J connectivity index is 2.84. The Morgan fingerprint density at radius 3 is 2.43 bits per heavy atom. The van der Waals surface area contributed by atoms with E-state index in [2.05, 4.69) is 15.4 Å². The second kappa shape index (κ2) is 8.05. The van der Waals surface area contributed by atoms with E-state index in [4.69, 9.17) is 4.74 Å². The highest BCUT2D eigenvalue weighted by Crippen LogP contribution is 2.28. The summed E-state index contributed by atoms with van der Waals surface area (Å²) in [4.78, 5) is 12.0. The molecule has 0 saturated carbocycles. The van der Waals surface area contributed by atoms with Crippen LogP contribution < -0.4 is 20.1 Å². The molecular formula is C15H25N3O4S. The molecule has 0 aliphatic carbocycles. The number of methoxy groups -OCH3 is 1. The Hall–Kier alpha value is -1.96. The van der Waals surface area contributed by atoms with Gasteiger partial charge in [0.1, 0.15) is 11.8 Å². The largest absolute Gasteiger partial charge is 0.495 e. The number of carbonyl (C=O) groups is 1. The van der Waals surface area contributed by atoms with Crippen LogP contribution in [0.5, 0.6) is 5.75 Å². The summed E-state index contributed by atoms with van der Waals surface area (Å²) in [6, 6.07) is 4.49. The van der Waals surface area contributed by atoms with E-state index in [1.54, 1.807) is 25.1 Å². The van der Waals surface area contributed by atoms with Gasteiger partial charge in [-0.25, -0.2) is 8.42 Å². The Bertz CT molecular complexity index is 644. The zero-order valence-electron chi connectivity index (χ0n) is 14.1. The molecule has 0 unspecified atom stereocenters. The van der Waals surface area contributed by atoms with Gasteiger partial charge >= 0.3 is 0 Å². The number of carbonyl (C=O) groups excluding carboxylic acids is 1. The number of sulfonamides is 1. The van der Waals surface area contributed by atoms with Gasteiger partial charge in [0.2, 0.25) is 15.9 Å². The summed E-state index contributed by atoms with van der Waals surface area (Å²) in [5.41, 5.74) is 0.930. The van der Waals surface area contributed by atoms with Crippen LogP contribution in [0.1, 0.15) is 20.8 Å². The van der Waals surface area contributed by atoms with E-state index in [1.165, 1.54) is 7.11 Å². The molecule has 0 radical (unpaired) electrons. The molecule has 3 N–H and O–H groups in total. The number of anilines is 2. The van der Waals surface area contributed by atoms with Crippen molar-refractivity contribution in [1.29, 1.82) is 0 Å². The Labute approximate surface area is 137 Å². The highest BCUT2D eigenvalue weighted by Gasteiger charge is 2.14.